The van der Waals surface area contributed by atoms with Crippen LogP contribution < -0.4 is 11.1 Å². The molecule has 0 saturated carbocycles. The minimum Gasteiger partial charge on any atom is -0.381 e. The topological polar surface area (TPSA) is 64.3 Å². The second-order valence-corrected chi connectivity index (χ2v) is 5.46. The van der Waals surface area contributed by atoms with Crippen molar-refractivity contribution in [1.82, 2.24) is 5.32 Å². The minimum atomic E-state index is -0.678. The summed E-state index contributed by atoms with van der Waals surface area (Å²) in [4.78, 5) is 12.7. The highest BCUT2D eigenvalue weighted by molar-refractivity contribution is 5.88. The van der Waals surface area contributed by atoms with E-state index in [1.807, 2.05) is 6.07 Å². The van der Waals surface area contributed by atoms with Crippen molar-refractivity contribution in [1.29, 1.82) is 0 Å². The van der Waals surface area contributed by atoms with E-state index in [0.29, 0.717) is 39.1 Å². The van der Waals surface area contributed by atoms with Crippen molar-refractivity contribution < 1.29 is 13.9 Å². The highest BCUT2D eigenvalue weighted by Crippen LogP contribution is 2.35. The molecule has 1 aliphatic heterocycles. The molecule has 1 saturated heterocycles. The fourth-order valence-electron chi connectivity index (χ4n) is 2.79. The molecule has 1 amide bonds. The Morgan fingerprint density at radius 3 is 2.68 bits per heavy atom. The maximum Gasteiger partial charge on any atom is 0.230 e. The van der Waals surface area contributed by atoms with Gasteiger partial charge in [0.1, 0.15) is 5.82 Å². The van der Waals surface area contributed by atoms with Crippen molar-refractivity contribution in [2.75, 3.05) is 26.3 Å². The van der Waals surface area contributed by atoms with Gasteiger partial charge in [-0.15, -0.1) is 12.4 Å². The molecule has 0 unspecified atom stereocenters. The monoisotopic (exact) mass is 330 g/mol. The molecule has 1 fully saturated rings. The SMILES string of the molecule is Cl.NCCCCNC(=O)C1(c2cccc(F)c2)CCOCC1. The largest absolute Gasteiger partial charge is 0.381 e. The first-order chi connectivity index (χ1) is 10.2. The van der Waals surface area contributed by atoms with E-state index in [4.69, 9.17) is 10.5 Å². The van der Waals surface area contributed by atoms with Crippen LogP contribution in [0.5, 0.6) is 0 Å². The Labute approximate surface area is 137 Å². The number of amides is 1. The number of benzene rings is 1. The van der Waals surface area contributed by atoms with Crippen LogP contribution in [0.1, 0.15) is 31.2 Å². The Balaban J connectivity index is 0.00000242. The van der Waals surface area contributed by atoms with Crippen LogP contribution in [0.3, 0.4) is 0 Å². The van der Waals surface area contributed by atoms with Crippen LogP contribution in [-0.4, -0.2) is 32.2 Å². The molecule has 3 N–H and O–H groups in total. The van der Waals surface area contributed by atoms with Gasteiger partial charge in [-0.3, -0.25) is 4.79 Å². The molecule has 1 aromatic rings. The molecule has 2 rings (SSSR count). The third-order valence-electron chi connectivity index (χ3n) is 4.07. The summed E-state index contributed by atoms with van der Waals surface area (Å²) in [5.74, 6) is -0.345. The van der Waals surface area contributed by atoms with Gasteiger partial charge in [-0.2, -0.15) is 0 Å². The average molecular weight is 331 g/mol. The van der Waals surface area contributed by atoms with Crippen molar-refractivity contribution in [3.63, 3.8) is 0 Å². The lowest BCUT2D eigenvalue weighted by Gasteiger charge is -2.36. The Bertz CT molecular complexity index is 479. The summed E-state index contributed by atoms with van der Waals surface area (Å²) in [7, 11) is 0. The van der Waals surface area contributed by atoms with Crippen LogP contribution in [0.15, 0.2) is 24.3 Å². The number of ether oxygens (including phenoxy) is 1. The third-order valence-corrected chi connectivity index (χ3v) is 4.07. The number of halogens is 2. The van der Waals surface area contributed by atoms with Gasteiger partial charge in [0, 0.05) is 19.8 Å². The lowest BCUT2D eigenvalue weighted by molar-refractivity contribution is -0.130. The zero-order valence-corrected chi connectivity index (χ0v) is 13.5. The summed E-state index contributed by atoms with van der Waals surface area (Å²) >= 11 is 0. The van der Waals surface area contributed by atoms with E-state index >= 15 is 0 Å². The molecule has 6 heteroatoms. The maximum absolute atomic E-state index is 13.5. The third kappa shape index (κ3) is 4.41. The van der Waals surface area contributed by atoms with Gasteiger partial charge in [-0.1, -0.05) is 12.1 Å². The predicted molar refractivity (Wildman–Crippen MR) is 86.7 cm³/mol. The van der Waals surface area contributed by atoms with E-state index in [-0.39, 0.29) is 24.1 Å². The molecule has 0 bridgehead atoms. The lowest BCUT2D eigenvalue weighted by atomic mass is 9.73. The fraction of sp³-hybridized carbons (Fsp3) is 0.562. The van der Waals surface area contributed by atoms with Gasteiger partial charge in [0.05, 0.1) is 5.41 Å². The molecule has 4 nitrogen and oxygen atoms in total. The van der Waals surface area contributed by atoms with Crippen LogP contribution in [0.2, 0.25) is 0 Å². The molecular formula is C16H24ClFN2O2. The van der Waals surface area contributed by atoms with E-state index in [2.05, 4.69) is 5.32 Å². The number of hydrogen-bond acceptors (Lipinski definition) is 3. The van der Waals surface area contributed by atoms with E-state index in [9.17, 15) is 9.18 Å². The summed E-state index contributed by atoms with van der Waals surface area (Å²) < 4.78 is 18.9. The van der Waals surface area contributed by atoms with Crippen LogP contribution in [0.4, 0.5) is 4.39 Å². The molecule has 1 aromatic carbocycles. The van der Waals surface area contributed by atoms with E-state index < -0.39 is 5.41 Å². The first-order valence-electron chi connectivity index (χ1n) is 7.51. The lowest BCUT2D eigenvalue weighted by Crippen LogP contribution is -2.48. The van der Waals surface area contributed by atoms with Gasteiger partial charge in [-0.05, 0) is 49.9 Å². The number of nitrogens with two attached hydrogens (primary N) is 1. The Hall–Kier alpha value is -1.17. The number of carbonyl (C=O) groups is 1. The van der Waals surface area contributed by atoms with Gasteiger partial charge in [0.2, 0.25) is 5.91 Å². The Kier molecular flexibility index (Phi) is 7.79. The number of rotatable bonds is 6. The van der Waals surface area contributed by atoms with Gasteiger partial charge >= 0.3 is 0 Å². The van der Waals surface area contributed by atoms with Gasteiger partial charge in [0.25, 0.3) is 0 Å². The minimum absolute atomic E-state index is 0. The average Bonchev–Trinajstić information content (AvgIpc) is 2.52. The number of unbranched alkanes of at least 4 members (excludes halogenated alkanes) is 1. The Morgan fingerprint density at radius 2 is 2.05 bits per heavy atom. The van der Waals surface area contributed by atoms with E-state index in [1.165, 1.54) is 12.1 Å². The summed E-state index contributed by atoms with van der Waals surface area (Å²) in [5.41, 5.74) is 5.51. The second-order valence-electron chi connectivity index (χ2n) is 5.46. The summed E-state index contributed by atoms with van der Waals surface area (Å²) in [6.07, 6.45) is 2.91. The number of nitrogens with one attached hydrogen (secondary N) is 1. The maximum atomic E-state index is 13.5. The van der Waals surface area contributed by atoms with Crippen LogP contribution >= 0.6 is 12.4 Å². The van der Waals surface area contributed by atoms with Crippen molar-refractivity contribution in [3.8, 4) is 0 Å². The van der Waals surface area contributed by atoms with Crippen molar-refractivity contribution in [2.45, 2.75) is 31.1 Å². The highest BCUT2D eigenvalue weighted by Gasteiger charge is 2.41. The zero-order chi connectivity index (χ0) is 15.1. The first-order valence-corrected chi connectivity index (χ1v) is 7.51. The van der Waals surface area contributed by atoms with Crippen molar-refractivity contribution in [2.24, 2.45) is 5.73 Å². The van der Waals surface area contributed by atoms with Crippen molar-refractivity contribution >= 4 is 18.3 Å². The molecule has 0 spiro atoms. The van der Waals surface area contributed by atoms with Gasteiger partial charge < -0.3 is 15.8 Å². The van der Waals surface area contributed by atoms with Crippen LogP contribution in [-0.2, 0) is 14.9 Å². The molecule has 1 heterocycles. The molecule has 0 aromatic heterocycles. The zero-order valence-electron chi connectivity index (χ0n) is 12.6. The standard InChI is InChI=1S/C16H23FN2O2.ClH/c17-14-5-3-4-13(12-14)16(6-10-21-11-7-16)15(20)19-9-2-1-8-18;/h3-5,12H,1-2,6-11,18H2,(H,19,20);1H. The number of carbonyl (C=O) groups excluding carboxylic acids is 1. The quantitative estimate of drug-likeness (QED) is 0.786. The molecular weight excluding hydrogens is 307 g/mol. The molecule has 0 radical (unpaired) electrons. The van der Waals surface area contributed by atoms with Crippen molar-refractivity contribution in [3.05, 3.63) is 35.6 Å². The molecule has 22 heavy (non-hydrogen) atoms. The molecule has 0 aliphatic carbocycles. The van der Waals surface area contributed by atoms with E-state index in [1.54, 1.807) is 6.07 Å². The van der Waals surface area contributed by atoms with Crippen LogP contribution in [0, 0.1) is 5.82 Å². The molecule has 1 aliphatic rings. The summed E-state index contributed by atoms with van der Waals surface area (Å²) in [6, 6.07) is 6.35. The number of hydrogen-bond donors (Lipinski definition) is 2. The normalized spacial score (nSPS) is 16.6. The second kappa shape index (κ2) is 9.08. The summed E-state index contributed by atoms with van der Waals surface area (Å²) in [6.45, 7) is 2.27. The highest BCUT2D eigenvalue weighted by atomic mass is 35.5. The van der Waals surface area contributed by atoms with Crippen LogP contribution in [0.25, 0.3) is 0 Å². The van der Waals surface area contributed by atoms with Gasteiger partial charge in [0.15, 0.2) is 0 Å². The predicted octanol–water partition coefficient (Wildman–Crippen LogP) is 2.15. The molecule has 124 valence electrons. The fourth-order valence-corrected chi connectivity index (χ4v) is 2.79. The van der Waals surface area contributed by atoms with E-state index in [0.717, 1.165) is 18.4 Å². The van der Waals surface area contributed by atoms with Gasteiger partial charge in [-0.25, -0.2) is 4.39 Å². The smallest absolute Gasteiger partial charge is 0.230 e. The summed E-state index contributed by atoms with van der Waals surface area (Å²) in [5, 5.41) is 2.97. The Morgan fingerprint density at radius 1 is 1.32 bits per heavy atom. The first kappa shape index (κ1) is 18.9. The molecule has 0 atom stereocenters.